The van der Waals surface area contributed by atoms with Gasteiger partial charge in [0.05, 0.1) is 5.54 Å². The minimum atomic E-state index is -0.425. The molecule has 1 rings (SSSR count). The van der Waals surface area contributed by atoms with E-state index < -0.39 is 5.54 Å². The zero-order valence-electron chi connectivity index (χ0n) is 11.3. The molecule has 100 valence electrons. The summed E-state index contributed by atoms with van der Waals surface area (Å²) in [6.45, 7) is 8.28. The van der Waals surface area contributed by atoms with Crippen LogP contribution in [0, 0.1) is 0 Å². The van der Waals surface area contributed by atoms with Crippen molar-refractivity contribution in [2.24, 2.45) is 5.73 Å². The molecule has 0 aliphatic heterocycles. The molecule has 3 N–H and O–H groups in total. The molecule has 1 saturated carbocycles. The second kappa shape index (κ2) is 6.97. The molecule has 0 aromatic rings. The molecule has 0 saturated heterocycles. The third-order valence-corrected chi connectivity index (χ3v) is 3.96. The fourth-order valence-electron chi connectivity index (χ4n) is 2.66. The third kappa shape index (κ3) is 3.96. The molecule has 1 aliphatic rings. The highest BCUT2D eigenvalue weighted by molar-refractivity contribution is 5.84. The largest absolute Gasteiger partial charge is 0.368 e. The lowest BCUT2D eigenvalue weighted by Gasteiger charge is -2.36. The van der Waals surface area contributed by atoms with E-state index in [-0.39, 0.29) is 5.91 Å². The van der Waals surface area contributed by atoms with E-state index in [1.165, 1.54) is 6.42 Å². The summed E-state index contributed by atoms with van der Waals surface area (Å²) < 4.78 is 0. The van der Waals surface area contributed by atoms with E-state index in [1.54, 1.807) is 0 Å². The lowest BCUT2D eigenvalue weighted by Crippen LogP contribution is -2.57. The topological polar surface area (TPSA) is 58.4 Å². The first-order chi connectivity index (χ1) is 8.14. The van der Waals surface area contributed by atoms with Crippen LogP contribution in [0.25, 0.3) is 0 Å². The molecule has 0 unspecified atom stereocenters. The van der Waals surface area contributed by atoms with Crippen molar-refractivity contribution in [2.45, 2.75) is 51.5 Å². The molecule has 4 nitrogen and oxygen atoms in total. The van der Waals surface area contributed by atoms with Gasteiger partial charge in [0.2, 0.25) is 5.91 Å². The molecular weight excluding hydrogens is 214 g/mol. The van der Waals surface area contributed by atoms with Gasteiger partial charge in [-0.1, -0.05) is 33.1 Å². The first-order valence-electron chi connectivity index (χ1n) is 6.92. The summed E-state index contributed by atoms with van der Waals surface area (Å²) in [5.74, 6) is -0.170. The molecule has 17 heavy (non-hydrogen) atoms. The van der Waals surface area contributed by atoms with Crippen LogP contribution in [0.15, 0.2) is 0 Å². The Hall–Kier alpha value is -0.610. The number of rotatable bonds is 7. The van der Waals surface area contributed by atoms with Crippen molar-refractivity contribution in [2.75, 3.05) is 26.2 Å². The lowest BCUT2D eigenvalue weighted by molar-refractivity contribution is -0.125. The number of nitrogens with zero attached hydrogens (tertiary/aromatic N) is 1. The van der Waals surface area contributed by atoms with Crippen LogP contribution in [-0.4, -0.2) is 42.5 Å². The molecule has 0 bridgehead atoms. The Labute approximate surface area is 105 Å². The number of nitrogens with two attached hydrogens (primary N) is 1. The van der Waals surface area contributed by atoms with Gasteiger partial charge in [0.25, 0.3) is 0 Å². The van der Waals surface area contributed by atoms with Gasteiger partial charge in [0, 0.05) is 13.1 Å². The van der Waals surface area contributed by atoms with Crippen molar-refractivity contribution < 1.29 is 4.79 Å². The molecule has 1 amide bonds. The average Bonchev–Trinajstić information content (AvgIpc) is 2.35. The normalized spacial score (nSPS) is 19.5. The van der Waals surface area contributed by atoms with Crippen molar-refractivity contribution >= 4 is 5.91 Å². The van der Waals surface area contributed by atoms with Gasteiger partial charge in [-0.2, -0.15) is 0 Å². The van der Waals surface area contributed by atoms with Crippen LogP contribution >= 0.6 is 0 Å². The summed E-state index contributed by atoms with van der Waals surface area (Å²) >= 11 is 0. The van der Waals surface area contributed by atoms with Gasteiger partial charge in [-0.05, 0) is 25.9 Å². The van der Waals surface area contributed by atoms with E-state index >= 15 is 0 Å². The number of carbonyl (C=O) groups excluding carboxylic acids is 1. The van der Waals surface area contributed by atoms with E-state index in [2.05, 4.69) is 24.1 Å². The predicted molar refractivity (Wildman–Crippen MR) is 70.8 cm³/mol. The van der Waals surface area contributed by atoms with E-state index in [0.717, 1.165) is 51.9 Å². The summed E-state index contributed by atoms with van der Waals surface area (Å²) in [4.78, 5) is 14.0. The molecule has 1 fully saturated rings. The van der Waals surface area contributed by atoms with Crippen LogP contribution in [0.4, 0.5) is 0 Å². The predicted octanol–water partition coefficient (Wildman–Crippen LogP) is 1.11. The van der Waals surface area contributed by atoms with Crippen molar-refractivity contribution in [1.82, 2.24) is 10.2 Å². The van der Waals surface area contributed by atoms with Gasteiger partial charge in [0.1, 0.15) is 0 Å². The zero-order chi connectivity index (χ0) is 12.7. The number of primary amides is 1. The third-order valence-electron chi connectivity index (χ3n) is 3.96. The van der Waals surface area contributed by atoms with Crippen LogP contribution in [0.3, 0.4) is 0 Å². The molecule has 0 aromatic carbocycles. The second-order valence-electron chi connectivity index (χ2n) is 4.96. The maximum absolute atomic E-state index is 11.6. The van der Waals surface area contributed by atoms with E-state index in [1.807, 2.05) is 0 Å². The van der Waals surface area contributed by atoms with Crippen molar-refractivity contribution in [1.29, 1.82) is 0 Å². The molecule has 1 aliphatic carbocycles. The molecule has 0 aromatic heterocycles. The SMILES string of the molecule is CCN(CC)CCNC1(C(N)=O)CCCCC1. The molecular formula is C13H27N3O. The summed E-state index contributed by atoms with van der Waals surface area (Å²) in [6.07, 6.45) is 5.26. The Bertz CT molecular complexity index is 233. The van der Waals surface area contributed by atoms with Gasteiger partial charge in [0.15, 0.2) is 0 Å². The number of hydrogen-bond donors (Lipinski definition) is 2. The molecule has 4 heteroatoms. The quantitative estimate of drug-likeness (QED) is 0.702. The average molecular weight is 241 g/mol. The van der Waals surface area contributed by atoms with Gasteiger partial charge in [-0.3, -0.25) is 4.79 Å². The van der Waals surface area contributed by atoms with Crippen molar-refractivity contribution in [3.63, 3.8) is 0 Å². The first-order valence-corrected chi connectivity index (χ1v) is 6.92. The number of amides is 1. The van der Waals surface area contributed by atoms with Gasteiger partial charge >= 0.3 is 0 Å². The lowest BCUT2D eigenvalue weighted by atomic mass is 9.81. The van der Waals surface area contributed by atoms with Gasteiger partial charge in [-0.15, -0.1) is 0 Å². The highest BCUT2D eigenvalue weighted by atomic mass is 16.1. The van der Waals surface area contributed by atoms with E-state index in [4.69, 9.17) is 5.73 Å². The molecule has 0 radical (unpaired) electrons. The molecule has 0 heterocycles. The second-order valence-corrected chi connectivity index (χ2v) is 4.96. The number of likely N-dealkylation sites (N-methyl/N-ethyl adjacent to an activating group) is 1. The number of hydrogen-bond acceptors (Lipinski definition) is 3. The van der Waals surface area contributed by atoms with Crippen LogP contribution in [0.1, 0.15) is 46.0 Å². The maximum Gasteiger partial charge on any atom is 0.237 e. The van der Waals surface area contributed by atoms with Crippen molar-refractivity contribution in [3.8, 4) is 0 Å². The minimum Gasteiger partial charge on any atom is -0.368 e. The standard InChI is InChI=1S/C13H27N3O/c1-3-16(4-2)11-10-15-13(12(14)17)8-6-5-7-9-13/h15H,3-11H2,1-2H3,(H2,14,17). The molecule has 0 atom stereocenters. The zero-order valence-corrected chi connectivity index (χ0v) is 11.3. The highest BCUT2D eigenvalue weighted by Gasteiger charge is 2.36. The van der Waals surface area contributed by atoms with E-state index in [9.17, 15) is 4.79 Å². The van der Waals surface area contributed by atoms with Crippen LogP contribution in [0.2, 0.25) is 0 Å². The first kappa shape index (κ1) is 14.5. The Morgan fingerprint density at radius 3 is 2.29 bits per heavy atom. The number of nitrogens with one attached hydrogen (secondary N) is 1. The van der Waals surface area contributed by atoms with Crippen LogP contribution in [-0.2, 0) is 4.79 Å². The Morgan fingerprint density at radius 1 is 1.24 bits per heavy atom. The summed E-state index contributed by atoms with van der Waals surface area (Å²) in [5.41, 5.74) is 5.14. The van der Waals surface area contributed by atoms with Crippen LogP contribution in [0.5, 0.6) is 0 Å². The fraction of sp³-hybridized carbons (Fsp3) is 0.923. The molecule has 0 spiro atoms. The minimum absolute atomic E-state index is 0.170. The van der Waals surface area contributed by atoms with Gasteiger partial charge in [-0.25, -0.2) is 0 Å². The van der Waals surface area contributed by atoms with Crippen LogP contribution < -0.4 is 11.1 Å². The summed E-state index contributed by atoms with van der Waals surface area (Å²) in [6, 6.07) is 0. The van der Waals surface area contributed by atoms with Crippen molar-refractivity contribution in [3.05, 3.63) is 0 Å². The highest BCUT2D eigenvalue weighted by Crippen LogP contribution is 2.27. The number of carbonyl (C=O) groups is 1. The Morgan fingerprint density at radius 2 is 1.82 bits per heavy atom. The monoisotopic (exact) mass is 241 g/mol. The van der Waals surface area contributed by atoms with Gasteiger partial charge < -0.3 is 16.0 Å². The Kier molecular flexibility index (Phi) is 5.92. The Balaban J connectivity index is 2.42. The summed E-state index contributed by atoms with van der Waals surface area (Å²) in [5, 5.41) is 3.42. The van der Waals surface area contributed by atoms with E-state index in [0.29, 0.717) is 0 Å². The fourth-order valence-corrected chi connectivity index (χ4v) is 2.66. The maximum atomic E-state index is 11.6. The summed E-state index contributed by atoms with van der Waals surface area (Å²) in [7, 11) is 0. The smallest absolute Gasteiger partial charge is 0.237 e.